The van der Waals surface area contributed by atoms with Crippen LogP contribution in [0.2, 0.25) is 0 Å². The molecule has 0 aromatic carbocycles. The summed E-state index contributed by atoms with van der Waals surface area (Å²) in [5.74, 6) is 0.739. The van der Waals surface area contributed by atoms with Crippen LogP contribution in [0.1, 0.15) is 36.3 Å². The van der Waals surface area contributed by atoms with Crippen LogP contribution in [0, 0.1) is 5.41 Å². The molecule has 4 heteroatoms. The van der Waals surface area contributed by atoms with E-state index in [1.807, 2.05) is 0 Å². The van der Waals surface area contributed by atoms with Crippen molar-refractivity contribution in [2.45, 2.75) is 26.7 Å². The van der Waals surface area contributed by atoms with E-state index in [-0.39, 0.29) is 11.2 Å². The second kappa shape index (κ2) is 3.29. The highest BCUT2D eigenvalue weighted by Crippen LogP contribution is 2.33. The first-order valence-electron chi connectivity index (χ1n) is 5.09. The van der Waals surface area contributed by atoms with Crippen molar-refractivity contribution in [3.05, 3.63) is 17.5 Å². The number of anilines is 1. The Labute approximate surface area is 89.1 Å². The molecule has 1 N–H and O–H groups in total. The fraction of sp³-hybridized carbons (Fsp3) is 0.545. The van der Waals surface area contributed by atoms with Gasteiger partial charge >= 0.3 is 0 Å². The van der Waals surface area contributed by atoms with E-state index in [1.54, 1.807) is 13.2 Å². The standard InChI is InChI=1S/C11H15N3O/c1-11(2)4-8-7(9(15)5-11)6-13-10(12-3)14-8/h6H,4-5H2,1-3H3,(H,12,13,14). The van der Waals surface area contributed by atoms with Crippen molar-refractivity contribution in [2.75, 3.05) is 12.4 Å². The molecule has 80 valence electrons. The maximum Gasteiger partial charge on any atom is 0.222 e. The number of fused-ring (bicyclic) bond motifs is 1. The topological polar surface area (TPSA) is 54.9 Å². The van der Waals surface area contributed by atoms with E-state index in [0.717, 1.165) is 12.1 Å². The number of aromatic nitrogens is 2. The molecule has 1 aromatic heterocycles. The smallest absolute Gasteiger partial charge is 0.222 e. The van der Waals surface area contributed by atoms with Crippen LogP contribution in [0.25, 0.3) is 0 Å². The van der Waals surface area contributed by atoms with Gasteiger partial charge in [0.05, 0.1) is 11.3 Å². The minimum absolute atomic E-state index is 0.0173. The summed E-state index contributed by atoms with van der Waals surface area (Å²) in [7, 11) is 1.78. The Balaban J connectivity index is 2.46. The van der Waals surface area contributed by atoms with Crippen LogP contribution in [0.5, 0.6) is 0 Å². The van der Waals surface area contributed by atoms with E-state index >= 15 is 0 Å². The summed E-state index contributed by atoms with van der Waals surface area (Å²) < 4.78 is 0. The highest BCUT2D eigenvalue weighted by molar-refractivity contribution is 5.98. The zero-order valence-electron chi connectivity index (χ0n) is 9.29. The first kappa shape index (κ1) is 10.1. The first-order chi connectivity index (χ1) is 7.02. The van der Waals surface area contributed by atoms with E-state index in [2.05, 4.69) is 29.1 Å². The molecule has 1 aliphatic rings. The van der Waals surface area contributed by atoms with E-state index in [4.69, 9.17) is 0 Å². The minimum atomic E-state index is 0.0173. The van der Waals surface area contributed by atoms with Crippen LogP contribution >= 0.6 is 0 Å². The quantitative estimate of drug-likeness (QED) is 0.757. The second-order valence-electron chi connectivity index (χ2n) is 4.74. The van der Waals surface area contributed by atoms with Gasteiger partial charge in [-0.15, -0.1) is 0 Å². The van der Waals surface area contributed by atoms with Crippen LogP contribution in [0.15, 0.2) is 6.20 Å². The van der Waals surface area contributed by atoms with Crippen molar-refractivity contribution in [3.63, 3.8) is 0 Å². The van der Waals surface area contributed by atoms with Gasteiger partial charge in [-0.3, -0.25) is 4.79 Å². The number of nitrogens with one attached hydrogen (secondary N) is 1. The number of nitrogens with zero attached hydrogens (tertiary/aromatic N) is 2. The predicted octanol–water partition coefficient (Wildman–Crippen LogP) is 1.67. The fourth-order valence-corrected chi connectivity index (χ4v) is 1.95. The number of hydrogen-bond acceptors (Lipinski definition) is 4. The van der Waals surface area contributed by atoms with Crippen LogP contribution in [0.3, 0.4) is 0 Å². The van der Waals surface area contributed by atoms with Crippen molar-refractivity contribution < 1.29 is 4.79 Å². The maximum absolute atomic E-state index is 11.8. The monoisotopic (exact) mass is 205 g/mol. The van der Waals surface area contributed by atoms with E-state index in [1.165, 1.54) is 0 Å². The summed E-state index contributed by atoms with van der Waals surface area (Å²) in [5.41, 5.74) is 1.58. The van der Waals surface area contributed by atoms with Gasteiger partial charge in [-0.2, -0.15) is 0 Å². The van der Waals surface area contributed by atoms with Gasteiger partial charge in [0, 0.05) is 19.7 Å². The Bertz CT molecular complexity index is 412. The van der Waals surface area contributed by atoms with Gasteiger partial charge in [-0.25, -0.2) is 9.97 Å². The number of hydrogen-bond donors (Lipinski definition) is 1. The van der Waals surface area contributed by atoms with Crippen LogP contribution < -0.4 is 5.32 Å². The summed E-state index contributed by atoms with van der Waals surface area (Å²) >= 11 is 0. The lowest BCUT2D eigenvalue weighted by atomic mass is 9.76. The molecule has 0 radical (unpaired) electrons. The molecule has 0 unspecified atom stereocenters. The third kappa shape index (κ3) is 1.84. The van der Waals surface area contributed by atoms with Crippen LogP contribution in [-0.4, -0.2) is 22.8 Å². The molecule has 1 aromatic rings. The van der Waals surface area contributed by atoms with Gasteiger partial charge in [0.1, 0.15) is 0 Å². The van der Waals surface area contributed by atoms with Crippen LogP contribution in [0.4, 0.5) is 5.95 Å². The van der Waals surface area contributed by atoms with Crippen molar-refractivity contribution in [2.24, 2.45) is 5.41 Å². The Morgan fingerprint density at radius 3 is 2.80 bits per heavy atom. The van der Waals surface area contributed by atoms with E-state index in [0.29, 0.717) is 17.9 Å². The molecule has 2 rings (SSSR count). The zero-order valence-corrected chi connectivity index (χ0v) is 9.29. The van der Waals surface area contributed by atoms with Gasteiger partial charge in [0.2, 0.25) is 5.95 Å². The summed E-state index contributed by atoms with van der Waals surface area (Å²) in [6, 6.07) is 0. The van der Waals surface area contributed by atoms with Gasteiger partial charge in [0.25, 0.3) is 0 Å². The zero-order chi connectivity index (χ0) is 11.1. The molecule has 0 bridgehead atoms. The lowest BCUT2D eigenvalue weighted by Gasteiger charge is -2.29. The Kier molecular flexibility index (Phi) is 2.21. The molecule has 15 heavy (non-hydrogen) atoms. The lowest BCUT2D eigenvalue weighted by Crippen LogP contribution is -2.28. The molecule has 4 nitrogen and oxygen atoms in total. The average Bonchev–Trinajstić information content (AvgIpc) is 2.14. The molecule has 0 spiro atoms. The van der Waals surface area contributed by atoms with Crippen LogP contribution in [-0.2, 0) is 6.42 Å². The van der Waals surface area contributed by atoms with Gasteiger partial charge in [0.15, 0.2) is 5.78 Å². The third-order valence-electron chi connectivity index (χ3n) is 2.68. The Morgan fingerprint density at radius 2 is 2.13 bits per heavy atom. The molecule has 0 fully saturated rings. The van der Waals surface area contributed by atoms with Gasteiger partial charge < -0.3 is 5.32 Å². The van der Waals surface area contributed by atoms with Gasteiger partial charge in [-0.1, -0.05) is 13.8 Å². The van der Waals surface area contributed by atoms with Crippen molar-refractivity contribution in [1.82, 2.24) is 9.97 Å². The molecule has 1 aliphatic carbocycles. The van der Waals surface area contributed by atoms with E-state index in [9.17, 15) is 4.79 Å². The molecule has 0 saturated carbocycles. The highest BCUT2D eigenvalue weighted by atomic mass is 16.1. The van der Waals surface area contributed by atoms with E-state index < -0.39 is 0 Å². The number of carbonyl (C=O) groups is 1. The Morgan fingerprint density at radius 1 is 1.40 bits per heavy atom. The number of Topliss-reactive ketones (excluding diaryl/α,β-unsaturated/α-hetero) is 1. The minimum Gasteiger partial charge on any atom is -0.357 e. The fourth-order valence-electron chi connectivity index (χ4n) is 1.95. The summed E-state index contributed by atoms with van der Waals surface area (Å²) in [5, 5.41) is 2.89. The maximum atomic E-state index is 11.8. The molecule has 0 atom stereocenters. The number of rotatable bonds is 1. The molecule has 0 saturated heterocycles. The predicted molar refractivity (Wildman–Crippen MR) is 58.0 cm³/mol. The summed E-state index contributed by atoms with van der Waals surface area (Å²) in [4.78, 5) is 20.2. The third-order valence-corrected chi connectivity index (χ3v) is 2.68. The van der Waals surface area contributed by atoms with Crippen molar-refractivity contribution in [1.29, 1.82) is 0 Å². The van der Waals surface area contributed by atoms with Crippen molar-refractivity contribution in [3.8, 4) is 0 Å². The van der Waals surface area contributed by atoms with Crippen molar-refractivity contribution >= 4 is 11.7 Å². The molecule has 0 amide bonds. The molecular weight excluding hydrogens is 190 g/mol. The summed E-state index contributed by atoms with van der Waals surface area (Å²) in [6.07, 6.45) is 3.05. The molecule has 1 heterocycles. The SMILES string of the molecule is CNc1ncc2c(n1)CC(C)(C)CC2=O. The highest BCUT2D eigenvalue weighted by Gasteiger charge is 2.32. The summed E-state index contributed by atoms with van der Waals surface area (Å²) in [6.45, 7) is 4.18. The second-order valence-corrected chi connectivity index (χ2v) is 4.74. The normalized spacial score (nSPS) is 18.5. The molecule has 0 aliphatic heterocycles. The number of ketones is 1. The Hall–Kier alpha value is -1.45. The number of carbonyl (C=O) groups excluding carboxylic acids is 1. The largest absolute Gasteiger partial charge is 0.357 e. The average molecular weight is 205 g/mol. The lowest BCUT2D eigenvalue weighted by molar-refractivity contribution is 0.0910. The van der Waals surface area contributed by atoms with Gasteiger partial charge in [-0.05, 0) is 11.8 Å². The molecular formula is C11H15N3O. The first-order valence-corrected chi connectivity index (χ1v) is 5.09.